The van der Waals surface area contributed by atoms with E-state index in [2.05, 4.69) is 33.1 Å². The van der Waals surface area contributed by atoms with E-state index in [0.29, 0.717) is 0 Å². The van der Waals surface area contributed by atoms with Crippen LogP contribution in [0.2, 0.25) is 0 Å². The number of benzene rings is 1. The van der Waals surface area contributed by atoms with Crippen molar-refractivity contribution in [2.45, 2.75) is 45.2 Å². The van der Waals surface area contributed by atoms with Crippen LogP contribution in [-0.2, 0) is 6.54 Å². The summed E-state index contributed by atoms with van der Waals surface area (Å²) >= 11 is 3.40. The van der Waals surface area contributed by atoms with Crippen LogP contribution < -0.4 is 5.32 Å². The van der Waals surface area contributed by atoms with Crippen molar-refractivity contribution in [3.8, 4) is 0 Å². The van der Waals surface area contributed by atoms with Gasteiger partial charge in [-0.1, -0.05) is 28.4 Å². The average molecular weight is 343 g/mol. The third-order valence-corrected chi connectivity index (χ3v) is 4.81. The molecule has 112 valence electrons. The molecule has 0 aromatic heterocycles. The summed E-state index contributed by atoms with van der Waals surface area (Å²) < 4.78 is 13.8. The largest absolute Gasteiger partial charge is 0.313 e. The van der Waals surface area contributed by atoms with Gasteiger partial charge in [0.05, 0.1) is 0 Å². The van der Waals surface area contributed by atoms with Crippen molar-refractivity contribution in [1.82, 2.24) is 10.2 Å². The summed E-state index contributed by atoms with van der Waals surface area (Å²) in [5.41, 5.74) is 1.11. The Morgan fingerprint density at radius 3 is 3.00 bits per heavy atom. The number of nitrogens with one attached hydrogen (secondary N) is 1. The van der Waals surface area contributed by atoms with Crippen LogP contribution in [0.15, 0.2) is 22.7 Å². The number of likely N-dealkylation sites (tertiary alicyclic amines) is 1. The molecule has 1 aromatic carbocycles. The first kappa shape index (κ1) is 15.9. The van der Waals surface area contributed by atoms with E-state index in [1.165, 1.54) is 50.9 Å². The molecule has 1 aliphatic rings. The fourth-order valence-electron chi connectivity index (χ4n) is 2.79. The molecule has 0 aliphatic carbocycles. The van der Waals surface area contributed by atoms with E-state index in [-0.39, 0.29) is 5.82 Å². The lowest BCUT2D eigenvalue weighted by atomic mass is 10.0. The zero-order valence-corrected chi connectivity index (χ0v) is 13.8. The van der Waals surface area contributed by atoms with Gasteiger partial charge in [-0.25, -0.2) is 4.39 Å². The Balaban J connectivity index is 1.64. The maximum absolute atomic E-state index is 13.0. The maximum Gasteiger partial charge on any atom is 0.124 e. The minimum atomic E-state index is -0.195. The van der Waals surface area contributed by atoms with Crippen molar-refractivity contribution in [3.63, 3.8) is 0 Å². The summed E-state index contributed by atoms with van der Waals surface area (Å²) in [6.45, 7) is 6.56. The molecule has 4 heteroatoms. The molecule has 1 heterocycles. The second kappa shape index (κ2) is 8.11. The molecule has 2 rings (SSSR count). The number of hydrogen-bond acceptors (Lipinski definition) is 2. The van der Waals surface area contributed by atoms with E-state index in [0.717, 1.165) is 29.2 Å². The predicted octanol–water partition coefficient (Wildman–Crippen LogP) is 3.94. The van der Waals surface area contributed by atoms with E-state index >= 15 is 0 Å². The molecular formula is C16H24BrFN2. The summed E-state index contributed by atoms with van der Waals surface area (Å²) in [6.07, 6.45) is 5.24. The molecule has 1 saturated heterocycles. The topological polar surface area (TPSA) is 15.3 Å². The molecule has 2 nitrogen and oxygen atoms in total. The summed E-state index contributed by atoms with van der Waals surface area (Å²) in [5.74, 6) is -0.195. The minimum absolute atomic E-state index is 0.195. The smallest absolute Gasteiger partial charge is 0.124 e. The normalized spacial score (nSPS) is 20.2. The van der Waals surface area contributed by atoms with Crippen molar-refractivity contribution in [1.29, 1.82) is 0 Å². The summed E-state index contributed by atoms with van der Waals surface area (Å²) in [5, 5.41) is 3.44. The average Bonchev–Trinajstić information content (AvgIpc) is 2.42. The number of nitrogens with zero attached hydrogens (tertiary/aromatic N) is 1. The Hall–Kier alpha value is -0.450. The Kier molecular flexibility index (Phi) is 6.46. The van der Waals surface area contributed by atoms with Gasteiger partial charge in [0.15, 0.2) is 0 Å². The highest BCUT2D eigenvalue weighted by molar-refractivity contribution is 9.10. The van der Waals surface area contributed by atoms with E-state index in [4.69, 9.17) is 0 Å². The van der Waals surface area contributed by atoms with Crippen LogP contribution in [-0.4, -0.2) is 30.6 Å². The molecule has 0 amide bonds. The van der Waals surface area contributed by atoms with Crippen molar-refractivity contribution in [2.75, 3.05) is 19.6 Å². The number of rotatable bonds is 6. The van der Waals surface area contributed by atoms with E-state index in [9.17, 15) is 4.39 Å². The lowest BCUT2D eigenvalue weighted by molar-refractivity contribution is 0.159. The summed E-state index contributed by atoms with van der Waals surface area (Å²) in [6, 6.07) is 5.61. The van der Waals surface area contributed by atoms with Crippen LogP contribution in [0.3, 0.4) is 0 Å². The zero-order chi connectivity index (χ0) is 14.4. The summed E-state index contributed by atoms with van der Waals surface area (Å²) in [7, 11) is 0. The van der Waals surface area contributed by atoms with Crippen molar-refractivity contribution < 1.29 is 4.39 Å². The lowest BCUT2D eigenvalue weighted by Crippen LogP contribution is -2.38. The minimum Gasteiger partial charge on any atom is -0.313 e. The van der Waals surface area contributed by atoms with Gasteiger partial charge in [-0.05, 0) is 63.5 Å². The molecule has 20 heavy (non-hydrogen) atoms. The van der Waals surface area contributed by atoms with Gasteiger partial charge in [0.25, 0.3) is 0 Å². The molecule has 1 N–H and O–H groups in total. The lowest BCUT2D eigenvalue weighted by Gasteiger charge is -2.33. The third kappa shape index (κ3) is 4.83. The van der Waals surface area contributed by atoms with Gasteiger partial charge in [-0.3, -0.25) is 0 Å². The highest BCUT2D eigenvalue weighted by Gasteiger charge is 2.16. The monoisotopic (exact) mass is 342 g/mol. The molecule has 1 fully saturated rings. The Bertz CT molecular complexity index is 425. The SMILES string of the molecule is CC1CCCCN1CCCNCc1ccc(F)cc1Br. The van der Waals surface area contributed by atoms with Gasteiger partial charge in [0, 0.05) is 17.1 Å². The first-order valence-corrected chi connectivity index (χ1v) is 8.35. The van der Waals surface area contributed by atoms with Crippen LogP contribution in [0.25, 0.3) is 0 Å². The number of hydrogen-bond donors (Lipinski definition) is 1. The molecule has 1 unspecified atom stereocenters. The van der Waals surface area contributed by atoms with Crippen molar-refractivity contribution in [3.05, 3.63) is 34.1 Å². The predicted molar refractivity (Wildman–Crippen MR) is 85.3 cm³/mol. The first-order valence-electron chi connectivity index (χ1n) is 7.55. The van der Waals surface area contributed by atoms with Crippen LogP contribution in [0.5, 0.6) is 0 Å². The first-order chi connectivity index (χ1) is 9.66. The second-order valence-corrected chi connectivity index (χ2v) is 6.50. The van der Waals surface area contributed by atoms with E-state index in [1.807, 2.05) is 6.07 Å². The van der Waals surface area contributed by atoms with Crippen LogP contribution >= 0.6 is 15.9 Å². The number of piperidine rings is 1. The molecule has 1 atom stereocenters. The van der Waals surface area contributed by atoms with Crippen molar-refractivity contribution >= 4 is 15.9 Å². The van der Waals surface area contributed by atoms with Gasteiger partial charge >= 0.3 is 0 Å². The van der Waals surface area contributed by atoms with Gasteiger partial charge in [-0.15, -0.1) is 0 Å². The van der Waals surface area contributed by atoms with Crippen LogP contribution in [0, 0.1) is 5.82 Å². The zero-order valence-electron chi connectivity index (χ0n) is 12.2. The molecule has 0 radical (unpaired) electrons. The molecule has 0 spiro atoms. The third-order valence-electron chi connectivity index (χ3n) is 4.07. The molecule has 1 aliphatic heterocycles. The quantitative estimate of drug-likeness (QED) is 0.787. The standard InChI is InChI=1S/C16H24BrFN2/c1-13-5-2-3-9-20(13)10-4-8-19-12-14-6-7-15(18)11-16(14)17/h6-7,11,13,19H,2-5,8-10,12H2,1H3. The Morgan fingerprint density at radius 1 is 1.40 bits per heavy atom. The van der Waals surface area contributed by atoms with Gasteiger partial charge in [0.2, 0.25) is 0 Å². The van der Waals surface area contributed by atoms with Crippen LogP contribution in [0.1, 0.15) is 38.2 Å². The maximum atomic E-state index is 13.0. The molecular weight excluding hydrogens is 319 g/mol. The fourth-order valence-corrected chi connectivity index (χ4v) is 3.28. The van der Waals surface area contributed by atoms with E-state index in [1.54, 1.807) is 0 Å². The Morgan fingerprint density at radius 2 is 2.25 bits per heavy atom. The molecule has 0 saturated carbocycles. The summed E-state index contributed by atoms with van der Waals surface area (Å²) in [4.78, 5) is 2.60. The van der Waals surface area contributed by atoms with Crippen LogP contribution in [0.4, 0.5) is 4.39 Å². The molecule has 0 bridgehead atoms. The van der Waals surface area contributed by atoms with Gasteiger partial charge in [-0.2, -0.15) is 0 Å². The number of halogens is 2. The molecule has 1 aromatic rings. The van der Waals surface area contributed by atoms with Gasteiger partial charge in [0.1, 0.15) is 5.82 Å². The van der Waals surface area contributed by atoms with Crippen molar-refractivity contribution in [2.24, 2.45) is 0 Å². The second-order valence-electron chi connectivity index (χ2n) is 5.65. The highest BCUT2D eigenvalue weighted by Crippen LogP contribution is 2.18. The highest BCUT2D eigenvalue weighted by atomic mass is 79.9. The Labute approximate surface area is 129 Å². The van der Waals surface area contributed by atoms with Gasteiger partial charge < -0.3 is 10.2 Å². The fraction of sp³-hybridized carbons (Fsp3) is 0.625. The van der Waals surface area contributed by atoms with E-state index < -0.39 is 0 Å².